The number of methoxy groups -OCH3 is 2. The van der Waals surface area contributed by atoms with E-state index in [0.717, 1.165) is 11.1 Å². The average molecular weight is 441 g/mol. The lowest BCUT2D eigenvalue weighted by atomic mass is 10.2. The van der Waals surface area contributed by atoms with E-state index < -0.39 is 6.09 Å². The summed E-state index contributed by atoms with van der Waals surface area (Å²) in [7, 11) is 2.89. The van der Waals surface area contributed by atoms with Gasteiger partial charge in [-0.05, 0) is 42.3 Å². The highest BCUT2D eigenvalue weighted by atomic mass is 35.5. The second-order valence-electron chi connectivity index (χ2n) is 7.38. The third-order valence-electron chi connectivity index (χ3n) is 5.61. The van der Waals surface area contributed by atoms with Gasteiger partial charge in [-0.3, -0.25) is 9.13 Å². The number of hydrogen-bond donors (Lipinski definition) is 0. The Bertz CT molecular complexity index is 1260. The summed E-state index contributed by atoms with van der Waals surface area (Å²) in [6.45, 7) is 1.19. The fourth-order valence-electron chi connectivity index (χ4n) is 4.09. The monoisotopic (exact) mass is 440 g/mol. The van der Waals surface area contributed by atoms with Crippen LogP contribution in [0.2, 0.25) is 5.02 Å². The first-order valence-electron chi connectivity index (χ1n) is 9.77. The molecule has 1 fully saturated rings. The zero-order valence-corrected chi connectivity index (χ0v) is 17.9. The summed E-state index contributed by atoms with van der Waals surface area (Å²) in [4.78, 5) is 27.0. The zero-order valence-electron chi connectivity index (χ0n) is 17.2. The number of ether oxygens (including phenoxy) is 2. The molecule has 1 aromatic heterocycles. The molecule has 1 amide bonds. The van der Waals surface area contributed by atoms with Crippen molar-refractivity contribution >= 4 is 28.7 Å². The molecule has 0 N–H and O–H groups in total. The number of imidazole rings is 1. The fourth-order valence-corrected chi connectivity index (χ4v) is 4.37. The van der Waals surface area contributed by atoms with E-state index in [1.165, 1.54) is 7.11 Å². The molecule has 0 aliphatic carbocycles. The summed E-state index contributed by atoms with van der Waals surface area (Å²) in [6, 6.07) is 12.5. The predicted octanol–water partition coefficient (Wildman–Crippen LogP) is 3.40. The van der Waals surface area contributed by atoms with Crippen LogP contribution in [0.5, 0.6) is 5.75 Å². The Labute approximate surface area is 183 Å². The minimum atomic E-state index is -0.404. The normalized spacial score (nSPS) is 15.8. The first-order chi connectivity index (χ1) is 15.0. The van der Waals surface area contributed by atoms with Gasteiger partial charge in [0.25, 0.3) is 0 Å². The zero-order chi connectivity index (χ0) is 22.1. The molecule has 8 nitrogen and oxygen atoms in total. The van der Waals surface area contributed by atoms with Gasteiger partial charge in [0, 0.05) is 13.1 Å². The SMILES string of the molecule is COC(=O)N1CC[C@H](n2c(=O)n(Cc3ccc(OC)c(Cl)c3)c3cc(C#N)ccc32)C1. The number of fused-ring (bicyclic) bond motifs is 1. The molecule has 4 rings (SSSR count). The van der Waals surface area contributed by atoms with E-state index in [0.29, 0.717) is 41.4 Å². The van der Waals surface area contributed by atoms with E-state index in [1.807, 2.05) is 6.07 Å². The second-order valence-corrected chi connectivity index (χ2v) is 7.79. The van der Waals surface area contributed by atoms with Crippen molar-refractivity contribution in [1.29, 1.82) is 5.26 Å². The largest absolute Gasteiger partial charge is 0.495 e. The highest BCUT2D eigenvalue weighted by molar-refractivity contribution is 6.32. The Hall–Kier alpha value is -3.44. The maximum atomic E-state index is 13.5. The van der Waals surface area contributed by atoms with Gasteiger partial charge in [0.05, 0.1) is 54.5 Å². The number of nitriles is 1. The molecule has 0 unspecified atom stereocenters. The molecule has 0 spiro atoms. The number of rotatable bonds is 4. The maximum absolute atomic E-state index is 13.5. The van der Waals surface area contributed by atoms with Gasteiger partial charge in [0.1, 0.15) is 5.75 Å². The molecule has 2 aromatic carbocycles. The molecule has 1 atom stereocenters. The number of likely N-dealkylation sites (tertiary alicyclic amines) is 1. The molecular weight excluding hydrogens is 420 g/mol. The molecule has 2 heterocycles. The number of halogens is 1. The third kappa shape index (κ3) is 3.73. The van der Waals surface area contributed by atoms with Gasteiger partial charge in [0.15, 0.2) is 0 Å². The molecule has 31 heavy (non-hydrogen) atoms. The van der Waals surface area contributed by atoms with Crippen molar-refractivity contribution in [3.05, 3.63) is 63.0 Å². The summed E-state index contributed by atoms with van der Waals surface area (Å²) in [5.74, 6) is 0.556. The van der Waals surface area contributed by atoms with Crippen LogP contribution in [0, 0.1) is 11.3 Å². The Morgan fingerprint density at radius 2 is 2.03 bits per heavy atom. The fraction of sp³-hybridized carbons (Fsp3) is 0.318. The molecule has 1 saturated heterocycles. The van der Waals surface area contributed by atoms with E-state index in [4.69, 9.17) is 21.1 Å². The standard InChI is InChI=1S/C22H21ClN4O4/c1-30-20-6-4-15(9-17(20)23)12-26-19-10-14(11-24)3-5-18(19)27(21(26)28)16-7-8-25(13-16)22(29)31-2/h3-6,9-10,16H,7-8,12-13H2,1-2H3/t16-/m0/s1. The third-order valence-corrected chi connectivity index (χ3v) is 5.91. The Kier molecular flexibility index (Phi) is 5.61. The number of amides is 1. The number of nitrogens with zero attached hydrogens (tertiary/aromatic N) is 4. The summed E-state index contributed by atoms with van der Waals surface area (Å²) in [6.07, 6.45) is 0.238. The van der Waals surface area contributed by atoms with Crippen molar-refractivity contribution in [2.75, 3.05) is 27.3 Å². The Morgan fingerprint density at radius 3 is 2.71 bits per heavy atom. The lowest BCUT2D eigenvalue weighted by Crippen LogP contribution is -2.32. The van der Waals surface area contributed by atoms with Gasteiger partial charge in [0.2, 0.25) is 0 Å². The van der Waals surface area contributed by atoms with E-state index in [-0.39, 0.29) is 18.3 Å². The number of carbonyl (C=O) groups excluding carboxylic acids is 1. The topological polar surface area (TPSA) is 89.5 Å². The number of carbonyl (C=O) groups is 1. The van der Waals surface area contributed by atoms with Gasteiger partial charge in [-0.2, -0.15) is 5.26 Å². The minimum Gasteiger partial charge on any atom is -0.495 e. The van der Waals surface area contributed by atoms with Crippen LogP contribution < -0.4 is 10.4 Å². The maximum Gasteiger partial charge on any atom is 0.409 e. The molecule has 0 saturated carbocycles. The van der Waals surface area contributed by atoms with E-state index >= 15 is 0 Å². The lowest BCUT2D eigenvalue weighted by Gasteiger charge is -2.15. The summed E-state index contributed by atoms with van der Waals surface area (Å²) < 4.78 is 13.4. The summed E-state index contributed by atoms with van der Waals surface area (Å²) in [5, 5.41) is 9.81. The summed E-state index contributed by atoms with van der Waals surface area (Å²) in [5.41, 5.74) is 2.48. The first kappa shape index (κ1) is 20.8. The van der Waals surface area contributed by atoms with Crippen molar-refractivity contribution in [3.8, 4) is 11.8 Å². The Morgan fingerprint density at radius 1 is 1.23 bits per heavy atom. The predicted molar refractivity (Wildman–Crippen MR) is 116 cm³/mol. The molecule has 0 bridgehead atoms. The van der Waals surface area contributed by atoms with Crippen molar-refractivity contribution in [3.63, 3.8) is 0 Å². The van der Waals surface area contributed by atoms with Crippen LogP contribution >= 0.6 is 11.6 Å². The first-order valence-corrected chi connectivity index (χ1v) is 10.1. The van der Waals surface area contributed by atoms with Crippen LogP contribution in [0.1, 0.15) is 23.6 Å². The molecule has 1 aliphatic heterocycles. The molecule has 9 heteroatoms. The molecular formula is C22H21ClN4O4. The van der Waals surface area contributed by atoms with Crippen LogP contribution in [0.3, 0.4) is 0 Å². The average Bonchev–Trinajstić information content (AvgIpc) is 3.36. The van der Waals surface area contributed by atoms with Crippen molar-refractivity contribution in [2.24, 2.45) is 0 Å². The number of benzene rings is 2. The van der Waals surface area contributed by atoms with Crippen LogP contribution in [0.25, 0.3) is 11.0 Å². The number of hydrogen-bond acceptors (Lipinski definition) is 5. The van der Waals surface area contributed by atoms with Gasteiger partial charge < -0.3 is 14.4 Å². The summed E-state index contributed by atoms with van der Waals surface area (Å²) >= 11 is 6.26. The smallest absolute Gasteiger partial charge is 0.409 e. The number of aromatic nitrogens is 2. The van der Waals surface area contributed by atoms with Crippen LogP contribution in [0.4, 0.5) is 4.79 Å². The van der Waals surface area contributed by atoms with Gasteiger partial charge >= 0.3 is 11.8 Å². The van der Waals surface area contributed by atoms with Crippen LogP contribution in [-0.2, 0) is 11.3 Å². The Balaban J connectivity index is 1.79. The van der Waals surface area contributed by atoms with Gasteiger partial charge in [-0.1, -0.05) is 17.7 Å². The van der Waals surface area contributed by atoms with Crippen LogP contribution in [-0.4, -0.2) is 47.4 Å². The minimum absolute atomic E-state index is 0.178. The highest BCUT2D eigenvalue weighted by Gasteiger charge is 2.31. The van der Waals surface area contributed by atoms with E-state index in [1.54, 1.807) is 51.5 Å². The van der Waals surface area contributed by atoms with Crippen LogP contribution in [0.15, 0.2) is 41.2 Å². The van der Waals surface area contributed by atoms with Gasteiger partial charge in [-0.15, -0.1) is 0 Å². The molecule has 160 valence electrons. The molecule has 0 radical (unpaired) electrons. The van der Waals surface area contributed by atoms with Crippen molar-refractivity contribution in [2.45, 2.75) is 19.0 Å². The second kappa shape index (κ2) is 8.36. The van der Waals surface area contributed by atoms with Gasteiger partial charge in [-0.25, -0.2) is 9.59 Å². The lowest BCUT2D eigenvalue weighted by molar-refractivity contribution is 0.131. The molecule has 3 aromatic rings. The quantitative estimate of drug-likeness (QED) is 0.620. The van der Waals surface area contributed by atoms with Crippen molar-refractivity contribution in [1.82, 2.24) is 14.0 Å². The molecule has 1 aliphatic rings. The van der Waals surface area contributed by atoms with E-state index in [9.17, 15) is 14.9 Å². The van der Waals surface area contributed by atoms with Crippen molar-refractivity contribution < 1.29 is 14.3 Å². The highest BCUT2D eigenvalue weighted by Crippen LogP contribution is 2.28. The van der Waals surface area contributed by atoms with E-state index in [2.05, 4.69) is 6.07 Å².